The molecule has 2 unspecified atom stereocenters. The summed E-state index contributed by atoms with van der Waals surface area (Å²) < 4.78 is 10.7. The van der Waals surface area contributed by atoms with Gasteiger partial charge in [-0.2, -0.15) is 0 Å². The molecule has 0 amide bonds. The molecule has 8 nitrogen and oxygen atoms in total. The molecule has 8 heteroatoms. The average Bonchev–Trinajstić information content (AvgIpc) is 3.19. The third kappa shape index (κ3) is 3.94. The van der Waals surface area contributed by atoms with Crippen LogP contribution in [0.5, 0.6) is 0 Å². The van der Waals surface area contributed by atoms with E-state index in [1.807, 2.05) is 18.2 Å². The Balaban J connectivity index is 1.55. The molecule has 2 aliphatic heterocycles. The van der Waals surface area contributed by atoms with Gasteiger partial charge in [-0.25, -0.2) is 4.79 Å². The number of methoxy groups -OCH3 is 1. The van der Waals surface area contributed by atoms with Crippen molar-refractivity contribution in [1.82, 2.24) is 4.90 Å². The van der Waals surface area contributed by atoms with Gasteiger partial charge >= 0.3 is 5.97 Å². The fourth-order valence-electron chi connectivity index (χ4n) is 4.14. The molecule has 0 N–H and O–H groups in total. The first-order valence-corrected chi connectivity index (χ1v) is 9.58. The van der Waals surface area contributed by atoms with Crippen molar-refractivity contribution in [2.75, 3.05) is 38.3 Å². The van der Waals surface area contributed by atoms with Crippen LogP contribution >= 0.6 is 0 Å². The number of benzene rings is 2. The summed E-state index contributed by atoms with van der Waals surface area (Å²) in [6.45, 7) is 3.80. The van der Waals surface area contributed by atoms with Crippen LogP contribution in [0.4, 0.5) is 11.4 Å². The first kappa shape index (κ1) is 19.4. The molecule has 2 aromatic rings. The number of carbonyl (C=O) groups is 1. The lowest BCUT2D eigenvalue weighted by Gasteiger charge is -2.36. The Morgan fingerprint density at radius 1 is 1.24 bits per heavy atom. The SMILES string of the molecule is COC(=O)c1cc(N2CC3OCCN(Cc4ccccc4)C3C2)ccc1[N+](=O)[O-]. The lowest BCUT2D eigenvalue weighted by atomic mass is 10.1. The Bertz CT molecular complexity index is 904. The number of nitro groups is 1. The standard InChI is InChI=1S/C21H23N3O5/c1-28-21(25)17-11-16(7-8-18(17)24(26)27)23-13-19-20(14-23)29-10-9-22(19)12-15-5-3-2-4-6-15/h2-8,11,19-20H,9-10,12-14H2,1H3. The molecular weight excluding hydrogens is 374 g/mol. The molecule has 152 valence electrons. The van der Waals surface area contributed by atoms with Crippen LogP contribution in [-0.2, 0) is 16.0 Å². The summed E-state index contributed by atoms with van der Waals surface area (Å²) in [5, 5.41) is 11.3. The molecule has 2 aliphatic rings. The van der Waals surface area contributed by atoms with Gasteiger partial charge in [-0.15, -0.1) is 0 Å². The van der Waals surface area contributed by atoms with E-state index in [-0.39, 0.29) is 23.4 Å². The normalized spacial score (nSPS) is 21.6. The van der Waals surface area contributed by atoms with Crippen molar-refractivity contribution >= 4 is 17.3 Å². The summed E-state index contributed by atoms with van der Waals surface area (Å²) in [5.41, 5.74) is 1.73. The van der Waals surface area contributed by atoms with Crippen molar-refractivity contribution in [3.8, 4) is 0 Å². The zero-order chi connectivity index (χ0) is 20.4. The summed E-state index contributed by atoms with van der Waals surface area (Å²) >= 11 is 0. The number of anilines is 1. The van der Waals surface area contributed by atoms with E-state index in [0.717, 1.165) is 25.3 Å². The van der Waals surface area contributed by atoms with E-state index in [1.54, 1.807) is 12.1 Å². The van der Waals surface area contributed by atoms with Gasteiger partial charge in [0.2, 0.25) is 0 Å². The number of carbonyl (C=O) groups excluding carboxylic acids is 1. The van der Waals surface area contributed by atoms with Crippen molar-refractivity contribution < 1.29 is 19.2 Å². The monoisotopic (exact) mass is 397 g/mol. The molecule has 29 heavy (non-hydrogen) atoms. The summed E-state index contributed by atoms with van der Waals surface area (Å²) in [7, 11) is 1.22. The van der Waals surface area contributed by atoms with Gasteiger partial charge in [-0.1, -0.05) is 30.3 Å². The fraction of sp³-hybridized carbons (Fsp3) is 0.381. The van der Waals surface area contributed by atoms with Gasteiger partial charge in [-0.3, -0.25) is 15.0 Å². The Morgan fingerprint density at radius 2 is 2.03 bits per heavy atom. The molecule has 0 spiro atoms. The van der Waals surface area contributed by atoms with Gasteiger partial charge in [0.05, 0.1) is 30.8 Å². The van der Waals surface area contributed by atoms with Gasteiger partial charge in [-0.05, 0) is 17.7 Å². The summed E-state index contributed by atoms with van der Waals surface area (Å²) in [5.74, 6) is -0.711. The number of nitrogens with zero attached hydrogens (tertiary/aromatic N) is 3. The molecule has 0 aromatic heterocycles. The minimum Gasteiger partial charge on any atom is -0.465 e. The van der Waals surface area contributed by atoms with Crippen LogP contribution in [0, 0.1) is 10.1 Å². The number of hydrogen-bond acceptors (Lipinski definition) is 7. The van der Waals surface area contributed by atoms with Crippen molar-refractivity contribution in [1.29, 1.82) is 0 Å². The van der Waals surface area contributed by atoms with E-state index in [1.165, 1.54) is 18.7 Å². The molecule has 2 fully saturated rings. The van der Waals surface area contributed by atoms with Gasteiger partial charge < -0.3 is 14.4 Å². The zero-order valence-corrected chi connectivity index (χ0v) is 16.2. The molecule has 2 saturated heterocycles. The van der Waals surface area contributed by atoms with Crippen molar-refractivity contribution in [2.45, 2.75) is 18.7 Å². The minimum atomic E-state index is -0.711. The maximum atomic E-state index is 12.0. The highest BCUT2D eigenvalue weighted by Crippen LogP contribution is 2.31. The minimum absolute atomic E-state index is 0.0352. The topological polar surface area (TPSA) is 85.1 Å². The Morgan fingerprint density at radius 3 is 2.76 bits per heavy atom. The summed E-state index contributed by atoms with van der Waals surface area (Å²) in [6, 6.07) is 15.2. The highest BCUT2D eigenvalue weighted by atomic mass is 16.6. The van der Waals surface area contributed by atoms with E-state index < -0.39 is 10.9 Å². The first-order valence-electron chi connectivity index (χ1n) is 9.58. The van der Waals surface area contributed by atoms with E-state index in [0.29, 0.717) is 13.2 Å². The Labute approximate surface area is 168 Å². The number of esters is 1. The molecule has 0 aliphatic carbocycles. The number of nitro benzene ring substituents is 1. The van der Waals surface area contributed by atoms with E-state index in [4.69, 9.17) is 9.47 Å². The second-order valence-corrected chi connectivity index (χ2v) is 7.29. The molecule has 0 bridgehead atoms. The maximum Gasteiger partial charge on any atom is 0.344 e. The van der Waals surface area contributed by atoms with Crippen molar-refractivity contribution in [3.05, 3.63) is 69.8 Å². The molecule has 0 saturated carbocycles. The van der Waals surface area contributed by atoms with Crippen LogP contribution in [-0.4, -0.2) is 61.3 Å². The lowest BCUT2D eigenvalue weighted by molar-refractivity contribution is -0.385. The second kappa shape index (κ2) is 8.18. The zero-order valence-electron chi connectivity index (χ0n) is 16.2. The van der Waals surface area contributed by atoms with Crippen LogP contribution in [0.25, 0.3) is 0 Å². The van der Waals surface area contributed by atoms with Gasteiger partial charge in [0.25, 0.3) is 5.69 Å². The number of ether oxygens (including phenoxy) is 2. The molecule has 0 radical (unpaired) electrons. The van der Waals surface area contributed by atoms with E-state index in [2.05, 4.69) is 21.9 Å². The average molecular weight is 397 g/mol. The largest absolute Gasteiger partial charge is 0.465 e. The quantitative estimate of drug-likeness (QED) is 0.435. The van der Waals surface area contributed by atoms with Crippen molar-refractivity contribution in [2.24, 2.45) is 0 Å². The van der Waals surface area contributed by atoms with Crippen LogP contribution in [0.3, 0.4) is 0 Å². The van der Waals surface area contributed by atoms with Crippen LogP contribution in [0.15, 0.2) is 48.5 Å². The predicted molar refractivity (Wildman–Crippen MR) is 107 cm³/mol. The molecule has 2 atom stereocenters. The van der Waals surface area contributed by atoms with Crippen LogP contribution in [0.2, 0.25) is 0 Å². The fourth-order valence-corrected chi connectivity index (χ4v) is 4.14. The Kier molecular flexibility index (Phi) is 5.46. The number of rotatable bonds is 5. The lowest BCUT2D eigenvalue weighted by Crippen LogP contribution is -2.50. The smallest absolute Gasteiger partial charge is 0.344 e. The molecule has 2 heterocycles. The predicted octanol–water partition coefficient (Wildman–Crippen LogP) is 2.47. The number of fused-ring (bicyclic) bond motifs is 1. The maximum absolute atomic E-state index is 12.0. The Hall–Kier alpha value is -2.97. The van der Waals surface area contributed by atoms with Gasteiger partial charge in [0.1, 0.15) is 5.56 Å². The van der Waals surface area contributed by atoms with Gasteiger partial charge in [0, 0.05) is 37.9 Å². The highest BCUT2D eigenvalue weighted by Gasteiger charge is 2.40. The third-order valence-electron chi connectivity index (χ3n) is 5.59. The summed E-state index contributed by atoms with van der Waals surface area (Å²) in [6.07, 6.45) is 0.0595. The summed E-state index contributed by atoms with van der Waals surface area (Å²) in [4.78, 5) is 27.3. The second-order valence-electron chi connectivity index (χ2n) is 7.29. The molecule has 4 rings (SSSR count). The van der Waals surface area contributed by atoms with Crippen LogP contribution < -0.4 is 4.90 Å². The van der Waals surface area contributed by atoms with E-state index >= 15 is 0 Å². The van der Waals surface area contributed by atoms with E-state index in [9.17, 15) is 14.9 Å². The molecular formula is C21H23N3O5. The van der Waals surface area contributed by atoms with Crippen molar-refractivity contribution in [3.63, 3.8) is 0 Å². The number of morpholine rings is 1. The van der Waals surface area contributed by atoms with Crippen LogP contribution in [0.1, 0.15) is 15.9 Å². The molecule has 2 aromatic carbocycles. The third-order valence-corrected chi connectivity index (χ3v) is 5.59. The highest BCUT2D eigenvalue weighted by molar-refractivity contribution is 5.95. The number of hydrogen-bond donors (Lipinski definition) is 0. The van der Waals surface area contributed by atoms with Gasteiger partial charge in [0.15, 0.2) is 0 Å². The first-order chi connectivity index (χ1) is 14.1.